The molecule has 0 aliphatic heterocycles. The van der Waals surface area contributed by atoms with Gasteiger partial charge in [0.2, 0.25) is 0 Å². The second-order valence-corrected chi connectivity index (χ2v) is 5.34. The summed E-state index contributed by atoms with van der Waals surface area (Å²) in [7, 11) is 0. The summed E-state index contributed by atoms with van der Waals surface area (Å²) < 4.78 is 11.3. The second-order valence-electron chi connectivity index (χ2n) is 5.34. The van der Waals surface area contributed by atoms with Crippen molar-refractivity contribution in [2.24, 2.45) is 0 Å². The lowest BCUT2D eigenvalue weighted by Gasteiger charge is -2.19. The number of rotatable bonds is 11. The van der Waals surface area contributed by atoms with Crippen molar-refractivity contribution in [3.63, 3.8) is 0 Å². The summed E-state index contributed by atoms with van der Waals surface area (Å²) in [6.45, 7) is 9.74. The van der Waals surface area contributed by atoms with Crippen molar-refractivity contribution in [3.05, 3.63) is 24.3 Å². The van der Waals surface area contributed by atoms with Gasteiger partial charge in [-0.15, -0.1) is 0 Å². The highest BCUT2D eigenvalue weighted by atomic mass is 16.5. The maximum atomic E-state index is 5.78. The van der Waals surface area contributed by atoms with Crippen molar-refractivity contribution in [3.8, 4) is 11.5 Å². The fourth-order valence-electron chi connectivity index (χ4n) is 2.46. The molecular weight excluding hydrogens is 264 g/mol. The standard InChI is InChI=1S/C17H28N2O2/c1-3-19(15-9-10-15)13-11-18-12-14-21-17-8-6-5-7-16(17)20-4-2/h5-8,15,18H,3-4,9-14H2,1-2H3. The van der Waals surface area contributed by atoms with Gasteiger partial charge in [0.05, 0.1) is 6.61 Å². The van der Waals surface area contributed by atoms with Crippen molar-refractivity contribution in [2.75, 3.05) is 39.4 Å². The Bertz CT molecular complexity index is 408. The normalized spacial score (nSPS) is 14.4. The van der Waals surface area contributed by atoms with Crippen molar-refractivity contribution in [1.29, 1.82) is 0 Å². The molecule has 0 heterocycles. The molecular formula is C17H28N2O2. The first-order valence-corrected chi connectivity index (χ1v) is 8.14. The zero-order chi connectivity index (χ0) is 14.9. The van der Waals surface area contributed by atoms with Gasteiger partial charge < -0.3 is 14.8 Å². The van der Waals surface area contributed by atoms with Crippen LogP contribution in [0.4, 0.5) is 0 Å². The molecule has 2 rings (SSSR count). The van der Waals surface area contributed by atoms with Gasteiger partial charge in [0.15, 0.2) is 11.5 Å². The zero-order valence-corrected chi connectivity index (χ0v) is 13.3. The Morgan fingerprint density at radius 3 is 2.43 bits per heavy atom. The van der Waals surface area contributed by atoms with Crippen molar-refractivity contribution in [2.45, 2.75) is 32.7 Å². The van der Waals surface area contributed by atoms with E-state index >= 15 is 0 Å². The second kappa shape index (κ2) is 8.90. The molecule has 4 nitrogen and oxygen atoms in total. The Balaban J connectivity index is 1.59. The van der Waals surface area contributed by atoms with E-state index in [1.807, 2.05) is 31.2 Å². The number of likely N-dealkylation sites (N-methyl/N-ethyl adjacent to an activating group) is 1. The summed E-state index contributed by atoms with van der Waals surface area (Å²) in [6, 6.07) is 8.69. The molecule has 1 N–H and O–H groups in total. The fraction of sp³-hybridized carbons (Fsp3) is 0.647. The predicted molar refractivity (Wildman–Crippen MR) is 86.2 cm³/mol. The summed E-state index contributed by atoms with van der Waals surface area (Å²) in [5.41, 5.74) is 0. The van der Waals surface area contributed by atoms with Gasteiger partial charge in [-0.3, -0.25) is 4.90 Å². The van der Waals surface area contributed by atoms with E-state index in [1.165, 1.54) is 12.8 Å². The molecule has 0 bridgehead atoms. The maximum Gasteiger partial charge on any atom is 0.161 e. The third-order valence-corrected chi connectivity index (χ3v) is 3.73. The molecule has 0 saturated heterocycles. The molecule has 118 valence electrons. The van der Waals surface area contributed by atoms with E-state index in [2.05, 4.69) is 17.1 Å². The summed E-state index contributed by atoms with van der Waals surface area (Å²) in [4.78, 5) is 2.55. The third-order valence-electron chi connectivity index (χ3n) is 3.73. The topological polar surface area (TPSA) is 33.7 Å². The first-order chi connectivity index (χ1) is 10.3. The zero-order valence-electron chi connectivity index (χ0n) is 13.3. The minimum atomic E-state index is 0.659. The van der Waals surface area contributed by atoms with Crippen LogP contribution >= 0.6 is 0 Å². The Morgan fingerprint density at radius 1 is 1.10 bits per heavy atom. The number of ether oxygens (including phenoxy) is 2. The van der Waals surface area contributed by atoms with E-state index in [0.717, 1.165) is 43.7 Å². The molecule has 0 spiro atoms. The lowest BCUT2D eigenvalue weighted by molar-refractivity contribution is 0.260. The summed E-state index contributed by atoms with van der Waals surface area (Å²) in [6.07, 6.45) is 2.76. The average Bonchev–Trinajstić information content (AvgIpc) is 3.33. The van der Waals surface area contributed by atoms with E-state index in [0.29, 0.717) is 13.2 Å². The lowest BCUT2D eigenvalue weighted by Crippen LogP contribution is -2.35. The SMILES string of the molecule is CCOc1ccccc1OCCNCCN(CC)C1CC1. The highest BCUT2D eigenvalue weighted by molar-refractivity contribution is 5.39. The van der Waals surface area contributed by atoms with Crippen LogP contribution in [0, 0.1) is 0 Å². The molecule has 0 amide bonds. The van der Waals surface area contributed by atoms with Gasteiger partial charge in [-0.1, -0.05) is 19.1 Å². The van der Waals surface area contributed by atoms with Crippen LogP contribution in [-0.4, -0.2) is 50.3 Å². The highest BCUT2D eigenvalue weighted by Crippen LogP contribution is 2.26. The van der Waals surface area contributed by atoms with E-state index < -0.39 is 0 Å². The molecule has 4 heteroatoms. The molecule has 1 fully saturated rings. The van der Waals surface area contributed by atoms with Crippen LogP contribution in [0.15, 0.2) is 24.3 Å². The molecule has 1 aliphatic rings. The molecule has 0 aromatic heterocycles. The molecule has 1 aromatic carbocycles. The molecule has 21 heavy (non-hydrogen) atoms. The van der Waals surface area contributed by atoms with Crippen molar-refractivity contribution >= 4 is 0 Å². The van der Waals surface area contributed by atoms with Gasteiger partial charge in [-0.2, -0.15) is 0 Å². The van der Waals surface area contributed by atoms with Crippen LogP contribution in [0.1, 0.15) is 26.7 Å². The summed E-state index contributed by atoms with van der Waals surface area (Å²) in [5, 5.41) is 3.45. The maximum absolute atomic E-state index is 5.78. The first kappa shape index (κ1) is 16.1. The molecule has 1 saturated carbocycles. The number of nitrogens with one attached hydrogen (secondary N) is 1. The van der Waals surface area contributed by atoms with Gasteiger partial charge in [-0.05, 0) is 38.4 Å². The minimum Gasteiger partial charge on any atom is -0.490 e. The Labute approximate surface area is 128 Å². The van der Waals surface area contributed by atoms with E-state index in [1.54, 1.807) is 0 Å². The largest absolute Gasteiger partial charge is 0.490 e. The van der Waals surface area contributed by atoms with Crippen LogP contribution < -0.4 is 14.8 Å². The van der Waals surface area contributed by atoms with Gasteiger partial charge >= 0.3 is 0 Å². The monoisotopic (exact) mass is 292 g/mol. The summed E-state index contributed by atoms with van der Waals surface area (Å²) in [5.74, 6) is 1.65. The van der Waals surface area contributed by atoms with Crippen LogP contribution in [0.3, 0.4) is 0 Å². The lowest BCUT2D eigenvalue weighted by atomic mass is 10.3. The first-order valence-electron chi connectivity index (χ1n) is 8.14. The Kier molecular flexibility index (Phi) is 6.83. The number of hydrogen-bond donors (Lipinski definition) is 1. The quantitative estimate of drug-likeness (QED) is 0.636. The number of para-hydroxylation sites is 2. The van der Waals surface area contributed by atoms with Gasteiger partial charge in [0.1, 0.15) is 6.61 Å². The molecule has 0 unspecified atom stereocenters. The third kappa shape index (κ3) is 5.56. The van der Waals surface area contributed by atoms with E-state index in [9.17, 15) is 0 Å². The number of benzene rings is 1. The predicted octanol–water partition coefficient (Wildman–Crippen LogP) is 2.54. The average molecular weight is 292 g/mol. The Morgan fingerprint density at radius 2 is 1.81 bits per heavy atom. The van der Waals surface area contributed by atoms with Crippen LogP contribution in [0.25, 0.3) is 0 Å². The molecule has 1 aromatic rings. The smallest absolute Gasteiger partial charge is 0.161 e. The van der Waals surface area contributed by atoms with E-state index in [-0.39, 0.29) is 0 Å². The van der Waals surface area contributed by atoms with Crippen molar-refractivity contribution < 1.29 is 9.47 Å². The molecule has 0 atom stereocenters. The van der Waals surface area contributed by atoms with Gasteiger partial charge in [0.25, 0.3) is 0 Å². The van der Waals surface area contributed by atoms with Crippen molar-refractivity contribution in [1.82, 2.24) is 10.2 Å². The molecule has 0 radical (unpaired) electrons. The van der Waals surface area contributed by atoms with Crippen LogP contribution in [0.5, 0.6) is 11.5 Å². The highest BCUT2D eigenvalue weighted by Gasteiger charge is 2.26. The van der Waals surface area contributed by atoms with Crippen LogP contribution in [0.2, 0.25) is 0 Å². The Hall–Kier alpha value is -1.26. The van der Waals surface area contributed by atoms with Crippen LogP contribution in [-0.2, 0) is 0 Å². The number of hydrogen-bond acceptors (Lipinski definition) is 4. The molecule has 1 aliphatic carbocycles. The minimum absolute atomic E-state index is 0.659. The van der Waals surface area contributed by atoms with Gasteiger partial charge in [0, 0.05) is 25.7 Å². The number of nitrogens with zero attached hydrogens (tertiary/aromatic N) is 1. The summed E-state index contributed by atoms with van der Waals surface area (Å²) >= 11 is 0. The van der Waals surface area contributed by atoms with E-state index in [4.69, 9.17) is 9.47 Å². The van der Waals surface area contributed by atoms with Gasteiger partial charge in [-0.25, -0.2) is 0 Å². The fourth-order valence-corrected chi connectivity index (χ4v) is 2.46.